The Morgan fingerprint density at radius 2 is 1.66 bits per heavy atom. The van der Waals surface area contributed by atoms with E-state index in [0.29, 0.717) is 5.69 Å². The van der Waals surface area contributed by atoms with Crippen LogP contribution in [0.25, 0.3) is 11.3 Å². The highest BCUT2D eigenvalue weighted by atomic mass is 16.5. The number of aromatic nitrogens is 2. The Morgan fingerprint density at radius 3 is 2.38 bits per heavy atom. The molecule has 2 heterocycles. The number of H-pyrrole nitrogens is 1. The Morgan fingerprint density at radius 1 is 0.931 bits per heavy atom. The summed E-state index contributed by atoms with van der Waals surface area (Å²) in [5, 5.41) is 7.49. The molecule has 5 nitrogen and oxygen atoms in total. The molecule has 1 aromatic heterocycles. The molecule has 1 aliphatic heterocycles. The number of hydrogen-bond donors (Lipinski definition) is 1. The number of methoxy groups -OCH3 is 1. The van der Waals surface area contributed by atoms with Crippen LogP contribution >= 0.6 is 0 Å². The zero-order chi connectivity index (χ0) is 19.8. The van der Waals surface area contributed by atoms with E-state index in [4.69, 9.17) is 4.74 Å². The zero-order valence-corrected chi connectivity index (χ0v) is 15.9. The third-order valence-electron chi connectivity index (χ3n) is 5.26. The molecule has 0 spiro atoms. The summed E-state index contributed by atoms with van der Waals surface area (Å²) in [6.45, 7) is 0. The van der Waals surface area contributed by atoms with E-state index in [1.54, 1.807) is 7.11 Å². The second-order valence-corrected chi connectivity index (χ2v) is 6.92. The number of ether oxygens (including phenoxy) is 1. The van der Waals surface area contributed by atoms with Gasteiger partial charge in [0.25, 0.3) is 5.91 Å². The van der Waals surface area contributed by atoms with Crippen LogP contribution in [-0.2, 0) is 0 Å². The van der Waals surface area contributed by atoms with E-state index < -0.39 is 0 Å². The molecule has 0 saturated carbocycles. The van der Waals surface area contributed by atoms with Gasteiger partial charge >= 0.3 is 0 Å². The molecular formula is C24H19N3O2. The van der Waals surface area contributed by atoms with Gasteiger partial charge in [0.15, 0.2) is 0 Å². The number of fused-ring (bicyclic) bond motifs is 1. The van der Waals surface area contributed by atoms with Crippen molar-refractivity contribution in [2.75, 3.05) is 12.0 Å². The molecule has 29 heavy (non-hydrogen) atoms. The third kappa shape index (κ3) is 2.79. The fourth-order valence-corrected chi connectivity index (χ4v) is 3.95. The lowest BCUT2D eigenvalue weighted by atomic mass is 9.95. The van der Waals surface area contributed by atoms with Gasteiger partial charge in [0.1, 0.15) is 11.4 Å². The van der Waals surface area contributed by atoms with Crippen molar-refractivity contribution in [3.05, 3.63) is 102 Å². The molecule has 0 bridgehead atoms. The lowest BCUT2D eigenvalue weighted by molar-refractivity contribution is 0.0988. The van der Waals surface area contributed by atoms with E-state index in [1.807, 2.05) is 89.8 Å². The fourth-order valence-electron chi connectivity index (χ4n) is 3.95. The third-order valence-corrected chi connectivity index (χ3v) is 5.26. The molecule has 0 fully saturated rings. The van der Waals surface area contributed by atoms with Gasteiger partial charge in [-0.15, -0.1) is 0 Å². The van der Waals surface area contributed by atoms with Crippen LogP contribution in [-0.4, -0.2) is 23.2 Å². The van der Waals surface area contributed by atoms with Gasteiger partial charge in [-0.05, 0) is 29.8 Å². The van der Waals surface area contributed by atoms with Crippen LogP contribution < -0.4 is 9.64 Å². The van der Waals surface area contributed by atoms with Crippen LogP contribution in [0.15, 0.2) is 84.9 Å². The number of nitrogens with one attached hydrogen (secondary N) is 1. The number of anilines is 1. The monoisotopic (exact) mass is 381 g/mol. The number of carbonyl (C=O) groups excluding carboxylic acids is 1. The highest BCUT2D eigenvalue weighted by molar-refractivity contribution is 6.11. The number of nitrogens with zero attached hydrogens (tertiary/aromatic N) is 2. The lowest BCUT2D eigenvalue weighted by Crippen LogP contribution is -2.29. The van der Waals surface area contributed by atoms with Crippen LogP contribution in [0.2, 0.25) is 0 Å². The number of aromatic amines is 1. The SMILES string of the molecule is COc1cccc([C@H]2c3c(-c4ccccc4)n[nH]c3C(=O)N2c2ccccc2)c1. The Balaban J connectivity index is 1.74. The smallest absolute Gasteiger partial charge is 0.277 e. The van der Waals surface area contributed by atoms with Crippen molar-refractivity contribution in [3.8, 4) is 17.0 Å². The van der Waals surface area contributed by atoms with Gasteiger partial charge in [0, 0.05) is 16.8 Å². The molecular weight excluding hydrogens is 362 g/mol. The van der Waals surface area contributed by atoms with Crippen molar-refractivity contribution in [2.45, 2.75) is 6.04 Å². The largest absolute Gasteiger partial charge is 0.497 e. The molecule has 5 heteroatoms. The minimum absolute atomic E-state index is 0.0892. The Bertz CT molecular complexity index is 1170. The molecule has 1 aliphatic rings. The maximum absolute atomic E-state index is 13.4. The van der Waals surface area contributed by atoms with Crippen molar-refractivity contribution in [1.29, 1.82) is 0 Å². The highest BCUT2D eigenvalue weighted by Crippen LogP contribution is 2.45. The van der Waals surface area contributed by atoms with Crippen LogP contribution in [0.4, 0.5) is 5.69 Å². The molecule has 4 aromatic rings. The maximum atomic E-state index is 13.4. The zero-order valence-electron chi connectivity index (χ0n) is 15.9. The first-order valence-corrected chi connectivity index (χ1v) is 9.44. The van der Waals surface area contributed by atoms with Crippen molar-refractivity contribution < 1.29 is 9.53 Å². The predicted molar refractivity (Wildman–Crippen MR) is 112 cm³/mol. The summed E-state index contributed by atoms with van der Waals surface area (Å²) in [4.78, 5) is 15.2. The number of benzene rings is 3. The van der Waals surface area contributed by atoms with E-state index in [2.05, 4.69) is 10.2 Å². The first-order chi connectivity index (χ1) is 14.3. The van der Waals surface area contributed by atoms with E-state index in [0.717, 1.165) is 33.8 Å². The molecule has 1 atom stereocenters. The number of carbonyl (C=O) groups is 1. The summed E-state index contributed by atoms with van der Waals surface area (Å²) in [6.07, 6.45) is 0. The number of hydrogen-bond acceptors (Lipinski definition) is 3. The molecule has 0 radical (unpaired) electrons. The van der Waals surface area contributed by atoms with Crippen LogP contribution in [0.1, 0.15) is 27.7 Å². The van der Waals surface area contributed by atoms with Gasteiger partial charge in [-0.1, -0.05) is 60.7 Å². The minimum atomic E-state index is -0.302. The number of para-hydroxylation sites is 1. The molecule has 142 valence electrons. The Hall–Kier alpha value is -3.86. The van der Waals surface area contributed by atoms with Crippen molar-refractivity contribution in [1.82, 2.24) is 10.2 Å². The number of rotatable bonds is 4. The van der Waals surface area contributed by atoms with E-state index in [1.165, 1.54) is 0 Å². The van der Waals surface area contributed by atoms with Gasteiger partial charge in [-0.3, -0.25) is 14.8 Å². The van der Waals surface area contributed by atoms with E-state index in [9.17, 15) is 4.79 Å². The van der Waals surface area contributed by atoms with E-state index >= 15 is 0 Å². The topological polar surface area (TPSA) is 58.2 Å². The predicted octanol–water partition coefficient (Wildman–Crippen LogP) is 4.84. The van der Waals surface area contributed by atoms with Crippen molar-refractivity contribution in [3.63, 3.8) is 0 Å². The fraction of sp³-hybridized carbons (Fsp3) is 0.0833. The summed E-state index contributed by atoms with van der Waals surface area (Å²) in [6, 6.07) is 27.2. The van der Waals surface area contributed by atoms with Crippen LogP contribution in [0, 0.1) is 0 Å². The minimum Gasteiger partial charge on any atom is -0.497 e. The first-order valence-electron chi connectivity index (χ1n) is 9.44. The van der Waals surface area contributed by atoms with Crippen LogP contribution in [0.3, 0.4) is 0 Å². The van der Waals surface area contributed by atoms with E-state index in [-0.39, 0.29) is 11.9 Å². The molecule has 1 amide bonds. The molecule has 5 rings (SSSR count). The second kappa shape index (κ2) is 6.95. The summed E-state index contributed by atoms with van der Waals surface area (Å²) in [5.41, 5.74) is 4.99. The summed E-state index contributed by atoms with van der Waals surface area (Å²) >= 11 is 0. The maximum Gasteiger partial charge on any atom is 0.277 e. The van der Waals surface area contributed by atoms with Crippen LogP contribution in [0.5, 0.6) is 5.75 Å². The molecule has 0 unspecified atom stereocenters. The quantitative estimate of drug-likeness (QED) is 0.551. The molecule has 3 aromatic carbocycles. The highest BCUT2D eigenvalue weighted by Gasteiger charge is 2.43. The average molecular weight is 381 g/mol. The van der Waals surface area contributed by atoms with Crippen molar-refractivity contribution >= 4 is 11.6 Å². The van der Waals surface area contributed by atoms with Crippen molar-refractivity contribution in [2.24, 2.45) is 0 Å². The standard InChI is InChI=1S/C24H19N3O2/c1-29-19-14-8-11-17(15-19)23-20-21(16-9-4-2-5-10-16)25-26-22(20)24(28)27(23)18-12-6-3-7-13-18/h2-15,23H,1H3,(H,25,26)/t23-/m0/s1. The lowest BCUT2D eigenvalue weighted by Gasteiger charge is -2.26. The van der Waals surface area contributed by atoms with Gasteiger partial charge in [0.05, 0.1) is 18.8 Å². The number of amides is 1. The summed E-state index contributed by atoms with van der Waals surface area (Å²) in [5.74, 6) is 0.662. The molecule has 0 saturated heterocycles. The molecule has 1 N–H and O–H groups in total. The Kier molecular flexibility index (Phi) is 4.13. The first kappa shape index (κ1) is 17.3. The average Bonchev–Trinajstić information content (AvgIpc) is 3.34. The molecule has 0 aliphatic carbocycles. The van der Waals surface area contributed by atoms with Gasteiger partial charge in [-0.25, -0.2) is 0 Å². The van der Waals surface area contributed by atoms with Gasteiger partial charge in [-0.2, -0.15) is 5.10 Å². The summed E-state index contributed by atoms with van der Waals surface area (Å²) < 4.78 is 5.44. The second-order valence-electron chi connectivity index (χ2n) is 6.92. The normalized spacial score (nSPS) is 15.4. The Labute approximate surface area is 168 Å². The van der Waals surface area contributed by atoms with Gasteiger partial charge in [0.2, 0.25) is 0 Å². The summed E-state index contributed by atoms with van der Waals surface area (Å²) in [7, 11) is 1.65. The van der Waals surface area contributed by atoms with Gasteiger partial charge < -0.3 is 4.74 Å².